The highest BCUT2D eigenvalue weighted by Gasteiger charge is 2.09. The molecule has 0 aliphatic rings. The molecular weight excluding hydrogens is 294 g/mol. The molecule has 114 valence electrons. The zero-order chi connectivity index (χ0) is 16.7. The number of hydrogen-bond donors (Lipinski definition) is 3. The normalized spacial score (nSPS) is 11.2. The van der Waals surface area contributed by atoms with E-state index in [-0.39, 0.29) is 17.1 Å². The van der Waals surface area contributed by atoms with Gasteiger partial charge in [0.15, 0.2) is 0 Å². The molecule has 0 aliphatic carbocycles. The highest BCUT2D eigenvalue weighted by Crippen LogP contribution is 2.18. The van der Waals surface area contributed by atoms with Crippen molar-refractivity contribution in [3.8, 4) is 17.6 Å². The average Bonchev–Trinajstić information content (AvgIpc) is 2.55. The van der Waals surface area contributed by atoms with Crippen molar-refractivity contribution >= 4 is 18.2 Å². The molecule has 0 atom stereocenters. The van der Waals surface area contributed by atoms with Crippen molar-refractivity contribution in [3.05, 3.63) is 65.2 Å². The lowest BCUT2D eigenvalue weighted by Gasteiger charge is -2.01. The number of hydrogen-bond acceptors (Lipinski definition) is 5. The van der Waals surface area contributed by atoms with Gasteiger partial charge in [-0.3, -0.25) is 4.79 Å². The van der Waals surface area contributed by atoms with E-state index < -0.39 is 5.91 Å². The molecule has 3 N–H and O–H groups in total. The summed E-state index contributed by atoms with van der Waals surface area (Å²) in [5.74, 6) is -0.732. The van der Waals surface area contributed by atoms with E-state index >= 15 is 0 Å². The number of hydrazone groups is 1. The molecule has 0 spiro atoms. The standard InChI is InChI=1S/C17H13N3O3/c18-10-14(9-12-5-1-3-7-15(12)21)17(23)20-19-11-13-6-2-4-8-16(13)22/h1-9,11,21-22H,(H,20,23)/b14-9+,19-11-. The van der Waals surface area contributed by atoms with E-state index in [1.165, 1.54) is 24.4 Å². The van der Waals surface area contributed by atoms with Gasteiger partial charge in [-0.05, 0) is 24.3 Å². The Bertz CT molecular complexity index is 820. The second kappa shape index (κ2) is 7.43. The van der Waals surface area contributed by atoms with Crippen molar-refractivity contribution in [2.45, 2.75) is 0 Å². The number of nitriles is 1. The second-order valence-electron chi connectivity index (χ2n) is 4.49. The van der Waals surface area contributed by atoms with Gasteiger partial charge in [-0.1, -0.05) is 30.3 Å². The quantitative estimate of drug-likeness (QED) is 0.348. The summed E-state index contributed by atoms with van der Waals surface area (Å²) in [7, 11) is 0. The van der Waals surface area contributed by atoms with Crippen LogP contribution in [0.15, 0.2) is 59.2 Å². The molecule has 6 nitrogen and oxygen atoms in total. The Kier molecular flexibility index (Phi) is 5.10. The summed E-state index contributed by atoms with van der Waals surface area (Å²) < 4.78 is 0. The maximum Gasteiger partial charge on any atom is 0.282 e. The van der Waals surface area contributed by atoms with Crippen molar-refractivity contribution in [1.82, 2.24) is 5.43 Å². The zero-order valence-corrected chi connectivity index (χ0v) is 12.0. The van der Waals surface area contributed by atoms with Gasteiger partial charge in [0.2, 0.25) is 0 Å². The largest absolute Gasteiger partial charge is 0.507 e. The molecule has 0 bridgehead atoms. The molecule has 0 aromatic heterocycles. The fourth-order valence-electron chi connectivity index (χ4n) is 1.73. The van der Waals surface area contributed by atoms with Crippen LogP contribution in [0.1, 0.15) is 11.1 Å². The number of amides is 1. The summed E-state index contributed by atoms with van der Waals surface area (Å²) in [4.78, 5) is 11.9. The lowest BCUT2D eigenvalue weighted by molar-refractivity contribution is -0.117. The number of rotatable bonds is 4. The minimum Gasteiger partial charge on any atom is -0.507 e. The van der Waals surface area contributed by atoms with Gasteiger partial charge in [-0.2, -0.15) is 10.4 Å². The lowest BCUT2D eigenvalue weighted by Crippen LogP contribution is -2.19. The van der Waals surface area contributed by atoms with Crippen molar-refractivity contribution in [2.24, 2.45) is 5.10 Å². The fourth-order valence-corrected chi connectivity index (χ4v) is 1.73. The molecule has 0 saturated carbocycles. The van der Waals surface area contributed by atoms with E-state index in [1.807, 2.05) is 0 Å². The number of carbonyl (C=O) groups is 1. The third-order valence-corrected chi connectivity index (χ3v) is 2.91. The molecule has 2 aromatic carbocycles. The molecular formula is C17H13N3O3. The molecule has 6 heteroatoms. The highest BCUT2D eigenvalue weighted by atomic mass is 16.3. The molecule has 0 saturated heterocycles. The second-order valence-corrected chi connectivity index (χ2v) is 4.49. The zero-order valence-electron chi connectivity index (χ0n) is 12.0. The summed E-state index contributed by atoms with van der Waals surface area (Å²) >= 11 is 0. The number of aromatic hydroxyl groups is 2. The third kappa shape index (κ3) is 4.19. The Morgan fingerprint density at radius 2 is 1.61 bits per heavy atom. The van der Waals surface area contributed by atoms with E-state index in [4.69, 9.17) is 5.26 Å². The SMILES string of the molecule is N#C/C(=C\c1ccccc1O)C(=O)N/N=C\c1ccccc1O. The topological polar surface area (TPSA) is 106 Å². The van der Waals surface area contributed by atoms with Gasteiger partial charge in [0.05, 0.1) is 6.21 Å². The van der Waals surface area contributed by atoms with Crippen LogP contribution in [-0.4, -0.2) is 22.3 Å². The molecule has 0 aliphatic heterocycles. The maximum atomic E-state index is 11.9. The summed E-state index contributed by atoms with van der Waals surface area (Å²) in [6.07, 6.45) is 2.53. The fraction of sp³-hybridized carbons (Fsp3) is 0. The molecule has 1 amide bonds. The first-order valence-corrected chi connectivity index (χ1v) is 6.63. The van der Waals surface area contributed by atoms with Crippen molar-refractivity contribution < 1.29 is 15.0 Å². The van der Waals surface area contributed by atoms with E-state index in [2.05, 4.69) is 10.5 Å². The molecule has 23 heavy (non-hydrogen) atoms. The Balaban J connectivity index is 2.11. The Labute approximate surface area is 132 Å². The number of nitrogens with zero attached hydrogens (tertiary/aromatic N) is 2. The van der Waals surface area contributed by atoms with Crippen LogP contribution in [0.2, 0.25) is 0 Å². The maximum absolute atomic E-state index is 11.9. The number of benzene rings is 2. The van der Waals surface area contributed by atoms with Gasteiger partial charge >= 0.3 is 0 Å². The number of carbonyl (C=O) groups excluding carboxylic acids is 1. The first-order chi connectivity index (χ1) is 11.1. The predicted molar refractivity (Wildman–Crippen MR) is 85.5 cm³/mol. The van der Waals surface area contributed by atoms with Gasteiger partial charge in [0, 0.05) is 11.1 Å². The first kappa shape index (κ1) is 15.8. The van der Waals surface area contributed by atoms with Crippen LogP contribution < -0.4 is 5.43 Å². The van der Waals surface area contributed by atoms with Crippen LogP contribution in [0.25, 0.3) is 6.08 Å². The van der Waals surface area contributed by atoms with Crippen LogP contribution in [0.4, 0.5) is 0 Å². The minimum atomic E-state index is -0.720. The molecule has 2 rings (SSSR count). The van der Waals surface area contributed by atoms with Gasteiger partial charge in [0.25, 0.3) is 5.91 Å². The monoisotopic (exact) mass is 307 g/mol. The Morgan fingerprint density at radius 3 is 2.17 bits per heavy atom. The molecule has 0 unspecified atom stereocenters. The summed E-state index contributed by atoms with van der Waals surface area (Å²) in [5.41, 5.74) is 2.77. The lowest BCUT2D eigenvalue weighted by atomic mass is 10.1. The van der Waals surface area contributed by atoms with Gasteiger partial charge in [-0.15, -0.1) is 0 Å². The molecule has 0 radical (unpaired) electrons. The van der Waals surface area contributed by atoms with Crippen LogP contribution in [0, 0.1) is 11.3 Å². The average molecular weight is 307 g/mol. The number of phenols is 2. The van der Waals surface area contributed by atoms with Gasteiger partial charge in [-0.25, -0.2) is 5.43 Å². The van der Waals surface area contributed by atoms with E-state index in [0.717, 1.165) is 0 Å². The summed E-state index contributed by atoms with van der Waals surface area (Å²) in [5, 5.41) is 32.0. The van der Waals surface area contributed by atoms with E-state index in [1.54, 1.807) is 42.5 Å². The van der Waals surface area contributed by atoms with Crippen LogP contribution in [-0.2, 0) is 4.79 Å². The van der Waals surface area contributed by atoms with Crippen LogP contribution >= 0.6 is 0 Å². The predicted octanol–water partition coefficient (Wildman–Crippen LogP) is 2.16. The van der Waals surface area contributed by atoms with Crippen LogP contribution in [0.3, 0.4) is 0 Å². The molecule has 0 heterocycles. The van der Waals surface area contributed by atoms with Crippen molar-refractivity contribution in [1.29, 1.82) is 5.26 Å². The molecule has 0 fully saturated rings. The van der Waals surface area contributed by atoms with E-state index in [0.29, 0.717) is 11.1 Å². The van der Waals surface area contributed by atoms with Gasteiger partial charge in [0.1, 0.15) is 23.1 Å². The third-order valence-electron chi connectivity index (χ3n) is 2.91. The van der Waals surface area contributed by atoms with Crippen molar-refractivity contribution in [2.75, 3.05) is 0 Å². The van der Waals surface area contributed by atoms with E-state index in [9.17, 15) is 15.0 Å². The summed E-state index contributed by atoms with van der Waals surface area (Å²) in [6.45, 7) is 0. The number of phenolic OH excluding ortho intramolecular Hbond substituents is 2. The molecule has 2 aromatic rings. The van der Waals surface area contributed by atoms with Gasteiger partial charge < -0.3 is 10.2 Å². The Morgan fingerprint density at radius 1 is 1.04 bits per heavy atom. The highest BCUT2D eigenvalue weighted by molar-refractivity contribution is 6.02. The number of nitrogens with one attached hydrogen (secondary N) is 1. The summed E-state index contributed by atoms with van der Waals surface area (Å²) in [6, 6.07) is 14.6. The van der Waals surface area contributed by atoms with Crippen molar-refractivity contribution in [3.63, 3.8) is 0 Å². The Hall–Kier alpha value is -3.59. The minimum absolute atomic E-state index is 0.0238. The smallest absolute Gasteiger partial charge is 0.282 e. The number of para-hydroxylation sites is 2. The first-order valence-electron chi connectivity index (χ1n) is 6.63. The van der Waals surface area contributed by atoms with Crippen LogP contribution in [0.5, 0.6) is 11.5 Å².